The Morgan fingerprint density at radius 1 is 1.19 bits per heavy atom. The molecule has 0 amide bonds. The fourth-order valence-electron chi connectivity index (χ4n) is 3.06. The summed E-state index contributed by atoms with van der Waals surface area (Å²) in [5.41, 5.74) is 1.53. The van der Waals surface area contributed by atoms with Crippen LogP contribution in [-0.4, -0.2) is 31.7 Å². The van der Waals surface area contributed by atoms with E-state index in [-0.39, 0.29) is 17.9 Å². The molecular formula is C18H22N2O6. The molecule has 0 spiro atoms. The largest absolute Gasteiger partial charge is 0.493 e. The lowest BCUT2D eigenvalue weighted by molar-refractivity contribution is -0.431. The van der Waals surface area contributed by atoms with Crippen molar-refractivity contribution in [3.8, 4) is 11.5 Å². The number of hydrogen-bond acceptors (Lipinski definition) is 7. The summed E-state index contributed by atoms with van der Waals surface area (Å²) in [5.74, 6) is -0.564. The van der Waals surface area contributed by atoms with Crippen LogP contribution in [0.2, 0.25) is 0 Å². The van der Waals surface area contributed by atoms with Crippen LogP contribution in [-0.2, 0) is 9.53 Å². The Morgan fingerprint density at radius 3 is 2.38 bits per heavy atom. The van der Waals surface area contributed by atoms with E-state index in [1.165, 1.54) is 14.2 Å². The lowest BCUT2D eigenvalue weighted by Crippen LogP contribution is -2.31. The summed E-state index contributed by atoms with van der Waals surface area (Å²) in [7, 11) is 2.98. The third-order valence-electron chi connectivity index (χ3n) is 4.16. The number of nitrogens with zero attached hydrogens (tertiary/aromatic N) is 1. The average molecular weight is 362 g/mol. The van der Waals surface area contributed by atoms with Crippen molar-refractivity contribution >= 4 is 5.97 Å². The van der Waals surface area contributed by atoms with Crippen molar-refractivity contribution in [2.24, 2.45) is 0 Å². The Hall–Kier alpha value is -3.03. The van der Waals surface area contributed by atoms with Gasteiger partial charge in [0.15, 0.2) is 11.5 Å². The monoisotopic (exact) mass is 362 g/mol. The normalized spacial score (nSPS) is 16.9. The lowest BCUT2D eigenvalue weighted by Gasteiger charge is -2.26. The van der Waals surface area contributed by atoms with Crippen molar-refractivity contribution < 1.29 is 23.9 Å². The SMILES string of the molecule is CCOC(=O)C1=C(C)NC(C)=C([N+](=O)[O-])C1c1ccc(OC)c(OC)c1. The van der Waals surface area contributed by atoms with Crippen LogP contribution in [0, 0.1) is 10.1 Å². The number of carbonyl (C=O) groups is 1. The Morgan fingerprint density at radius 2 is 1.85 bits per heavy atom. The van der Waals surface area contributed by atoms with Crippen LogP contribution in [0.1, 0.15) is 32.3 Å². The molecule has 1 heterocycles. The van der Waals surface area contributed by atoms with E-state index < -0.39 is 16.8 Å². The van der Waals surface area contributed by atoms with E-state index in [9.17, 15) is 14.9 Å². The first-order chi connectivity index (χ1) is 12.3. The molecule has 0 aromatic heterocycles. The number of dihydropyridines is 1. The number of ether oxygens (including phenoxy) is 3. The van der Waals surface area contributed by atoms with Gasteiger partial charge in [-0.2, -0.15) is 0 Å². The molecule has 0 radical (unpaired) electrons. The van der Waals surface area contributed by atoms with Crippen molar-refractivity contribution in [1.29, 1.82) is 0 Å². The molecule has 0 saturated heterocycles. The number of nitrogens with one attached hydrogen (secondary N) is 1. The maximum atomic E-state index is 12.5. The molecule has 1 aromatic rings. The van der Waals surface area contributed by atoms with Crippen molar-refractivity contribution in [2.45, 2.75) is 26.7 Å². The molecule has 0 aliphatic carbocycles. The Kier molecular flexibility index (Phi) is 5.86. The number of benzene rings is 1. The van der Waals surface area contributed by atoms with Crippen LogP contribution < -0.4 is 14.8 Å². The zero-order chi connectivity index (χ0) is 19.4. The molecule has 0 saturated carbocycles. The van der Waals surface area contributed by atoms with Gasteiger partial charge in [0.1, 0.15) is 5.92 Å². The van der Waals surface area contributed by atoms with E-state index in [0.717, 1.165) is 0 Å². The smallest absolute Gasteiger partial charge is 0.336 e. The van der Waals surface area contributed by atoms with Gasteiger partial charge in [-0.3, -0.25) is 10.1 Å². The van der Waals surface area contributed by atoms with Crippen LogP contribution in [0.3, 0.4) is 0 Å². The van der Waals surface area contributed by atoms with Gasteiger partial charge in [0.2, 0.25) is 0 Å². The van der Waals surface area contributed by atoms with Crippen LogP contribution in [0.5, 0.6) is 11.5 Å². The number of methoxy groups -OCH3 is 2. The minimum atomic E-state index is -0.884. The molecule has 8 heteroatoms. The second-order valence-corrected chi connectivity index (χ2v) is 5.70. The number of carbonyl (C=O) groups excluding carboxylic acids is 1. The van der Waals surface area contributed by atoms with E-state index in [4.69, 9.17) is 14.2 Å². The van der Waals surface area contributed by atoms with Crippen molar-refractivity contribution in [1.82, 2.24) is 5.32 Å². The Labute approximate surface area is 151 Å². The van der Waals surface area contributed by atoms with Gasteiger partial charge in [-0.25, -0.2) is 4.79 Å². The predicted molar refractivity (Wildman–Crippen MR) is 94.5 cm³/mol. The van der Waals surface area contributed by atoms with Crippen LogP contribution in [0.4, 0.5) is 0 Å². The van der Waals surface area contributed by atoms with Crippen molar-refractivity contribution in [2.75, 3.05) is 20.8 Å². The molecule has 1 atom stereocenters. The first-order valence-corrected chi connectivity index (χ1v) is 8.07. The molecule has 140 valence electrons. The third kappa shape index (κ3) is 3.49. The molecule has 2 rings (SSSR count). The first-order valence-electron chi connectivity index (χ1n) is 8.07. The van der Waals surface area contributed by atoms with Crippen LogP contribution >= 0.6 is 0 Å². The maximum absolute atomic E-state index is 12.5. The number of rotatable bonds is 6. The third-order valence-corrected chi connectivity index (χ3v) is 4.16. The molecule has 1 unspecified atom stereocenters. The summed E-state index contributed by atoms with van der Waals surface area (Å²) in [6.45, 7) is 5.16. The number of allylic oxidation sites excluding steroid dienone is 3. The highest BCUT2D eigenvalue weighted by Gasteiger charge is 2.41. The number of esters is 1. The van der Waals surface area contributed by atoms with Crippen molar-refractivity contribution in [3.05, 3.63) is 56.5 Å². The molecule has 1 aliphatic rings. The van der Waals surface area contributed by atoms with Gasteiger partial charge in [-0.05, 0) is 38.5 Å². The molecule has 26 heavy (non-hydrogen) atoms. The highest BCUT2D eigenvalue weighted by atomic mass is 16.6. The van der Waals surface area contributed by atoms with Crippen LogP contribution in [0.15, 0.2) is 40.9 Å². The second kappa shape index (κ2) is 7.90. The highest BCUT2D eigenvalue weighted by molar-refractivity contribution is 5.92. The molecule has 1 N–H and O–H groups in total. The van der Waals surface area contributed by atoms with E-state index in [2.05, 4.69) is 5.32 Å². The van der Waals surface area contributed by atoms with Gasteiger partial charge in [-0.15, -0.1) is 0 Å². The molecule has 0 fully saturated rings. The van der Waals surface area contributed by atoms with Crippen LogP contribution in [0.25, 0.3) is 0 Å². The fraction of sp³-hybridized carbons (Fsp3) is 0.389. The molecule has 0 bridgehead atoms. The fourth-order valence-corrected chi connectivity index (χ4v) is 3.06. The lowest BCUT2D eigenvalue weighted by atomic mass is 9.84. The molecular weight excluding hydrogens is 340 g/mol. The quantitative estimate of drug-likeness (QED) is 0.472. The number of hydrogen-bond donors (Lipinski definition) is 1. The zero-order valence-corrected chi connectivity index (χ0v) is 15.4. The average Bonchev–Trinajstić information content (AvgIpc) is 2.60. The maximum Gasteiger partial charge on any atom is 0.336 e. The van der Waals surface area contributed by atoms with E-state index in [0.29, 0.717) is 28.5 Å². The van der Waals surface area contributed by atoms with E-state index in [1.54, 1.807) is 39.0 Å². The summed E-state index contributed by atoms with van der Waals surface area (Å²) in [6.07, 6.45) is 0. The molecule has 1 aliphatic heterocycles. The Bertz CT molecular complexity index is 797. The van der Waals surface area contributed by atoms with Gasteiger partial charge in [0, 0.05) is 5.70 Å². The van der Waals surface area contributed by atoms with Gasteiger partial charge in [-0.1, -0.05) is 6.07 Å². The van der Waals surface area contributed by atoms with Gasteiger partial charge in [0.25, 0.3) is 5.70 Å². The van der Waals surface area contributed by atoms with Gasteiger partial charge < -0.3 is 19.5 Å². The Balaban J connectivity index is 2.69. The predicted octanol–water partition coefficient (Wildman–Crippen LogP) is 2.74. The summed E-state index contributed by atoms with van der Waals surface area (Å²) < 4.78 is 15.7. The number of nitro groups is 1. The highest BCUT2D eigenvalue weighted by Crippen LogP contribution is 2.41. The van der Waals surface area contributed by atoms with E-state index >= 15 is 0 Å². The molecule has 1 aromatic carbocycles. The standard InChI is InChI=1S/C18H22N2O6/c1-6-26-18(21)15-10(2)19-11(3)17(20(22)23)16(15)12-7-8-13(24-4)14(9-12)25-5/h7-9,16,19H,6H2,1-5H3. The van der Waals surface area contributed by atoms with E-state index in [1.807, 2.05) is 0 Å². The summed E-state index contributed by atoms with van der Waals surface area (Å²) in [4.78, 5) is 23.8. The summed E-state index contributed by atoms with van der Waals surface area (Å²) in [5, 5.41) is 14.6. The zero-order valence-electron chi connectivity index (χ0n) is 15.4. The minimum absolute atomic E-state index is 0.106. The van der Waals surface area contributed by atoms with Gasteiger partial charge >= 0.3 is 5.97 Å². The summed E-state index contributed by atoms with van der Waals surface area (Å²) in [6, 6.07) is 4.97. The molecule has 8 nitrogen and oxygen atoms in total. The van der Waals surface area contributed by atoms with Crippen molar-refractivity contribution in [3.63, 3.8) is 0 Å². The first kappa shape index (κ1) is 19.3. The topological polar surface area (TPSA) is 99.9 Å². The van der Waals surface area contributed by atoms with Gasteiger partial charge in [0.05, 0.1) is 37.0 Å². The second-order valence-electron chi connectivity index (χ2n) is 5.70. The summed E-state index contributed by atoms with van der Waals surface area (Å²) >= 11 is 0. The minimum Gasteiger partial charge on any atom is -0.493 e.